The molecule has 0 radical (unpaired) electrons. The Morgan fingerprint density at radius 1 is 1.26 bits per heavy atom. The lowest BCUT2D eigenvalue weighted by molar-refractivity contribution is -0.383. The van der Waals surface area contributed by atoms with Crippen molar-refractivity contribution in [1.82, 2.24) is 19.8 Å². The van der Waals surface area contributed by atoms with E-state index in [1.54, 1.807) is 24.4 Å². The molecule has 2 N–H and O–H groups in total. The molecule has 3 rings (SSSR count). The monoisotopic (exact) mass is 256 g/mol. The van der Waals surface area contributed by atoms with Crippen molar-refractivity contribution in [2.24, 2.45) is 0 Å². The molecule has 0 spiro atoms. The van der Waals surface area contributed by atoms with Crippen LogP contribution >= 0.6 is 0 Å². The Labute approximate surface area is 106 Å². The summed E-state index contributed by atoms with van der Waals surface area (Å²) in [6.07, 6.45) is 1.59. The van der Waals surface area contributed by atoms with Crippen LogP contribution in [0, 0.1) is 10.1 Å². The zero-order valence-corrected chi connectivity index (χ0v) is 9.59. The summed E-state index contributed by atoms with van der Waals surface area (Å²) in [4.78, 5) is 10.3. The van der Waals surface area contributed by atoms with Gasteiger partial charge in [0, 0.05) is 17.8 Å². The molecule has 0 amide bonds. The van der Waals surface area contributed by atoms with Crippen LogP contribution in [0.2, 0.25) is 0 Å². The van der Waals surface area contributed by atoms with Gasteiger partial charge in [0.05, 0.1) is 4.92 Å². The molecule has 0 aliphatic heterocycles. The summed E-state index contributed by atoms with van der Waals surface area (Å²) >= 11 is 0. The van der Waals surface area contributed by atoms with Crippen LogP contribution in [0.1, 0.15) is 0 Å². The summed E-state index contributed by atoms with van der Waals surface area (Å²) in [5.74, 6) is 0.429. The van der Waals surface area contributed by atoms with Gasteiger partial charge in [-0.1, -0.05) is 0 Å². The van der Waals surface area contributed by atoms with E-state index >= 15 is 0 Å². The number of hydrogen-bond donors (Lipinski definition) is 1. The molecule has 0 bridgehead atoms. The molecular weight excluding hydrogens is 248 g/mol. The summed E-state index contributed by atoms with van der Waals surface area (Å²) in [7, 11) is 0. The van der Waals surface area contributed by atoms with Gasteiger partial charge in [-0.2, -0.15) is 9.61 Å². The van der Waals surface area contributed by atoms with E-state index in [1.807, 2.05) is 0 Å². The Morgan fingerprint density at radius 2 is 2.11 bits per heavy atom. The van der Waals surface area contributed by atoms with E-state index in [4.69, 9.17) is 5.73 Å². The Kier molecular flexibility index (Phi) is 2.34. The number of fused-ring (bicyclic) bond motifs is 1. The van der Waals surface area contributed by atoms with Crippen molar-refractivity contribution in [1.29, 1.82) is 0 Å². The van der Waals surface area contributed by atoms with Crippen molar-refractivity contribution in [3.05, 3.63) is 46.6 Å². The van der Waals surface area contributed by atoms with Gasteiger partial charge in [0.15, 0.2) is 11.5 Å². The molecule has 1 aromatic carbocycles. The third-order valence-corrected chi connectivity index (χ3v) is 2.66. The summed E-state index contributed by atoms with van der Waals surface area (Å²) < 4.78 is 1.51. The van der Waals surface area contributed by atoms with Gasteiger partial charge in [-0.3, -0.25) is 10.1 Å². The van der Waals surface area contributed by atoms with Gasteiger partial charge in [0.25, 0.3) is 5.69 Å². The molecule has 19 heavy (non-hydrogen) atoms. The van der Waals surface area contributed by atoms with Crippen molar-refractivity contribution >= 4 is 17.0 Å². The van der Waals surface area contributed by atoms with Gasteiger partial charge in [-0.05, 0) is 24.3 Å². The first-order valence-electron chi connectivity index (χ1n) is 5.37. The molecule has 0 saturated carbocycles. The lowest BCUT2D eigenvalue weighted by atomic mass is 10.1. The highest BCUT2D eigenvalue weighted by molar-refractivity contribution is 5.69. The second-order valence-electron chi connectivity index (χ2n) is 3.85. The number of benzene rings is 1. The van der Waals surface area contributed by atoms with E-state index in [9.17, 15) is 10.1 Å². The van der Waals surface area contributed by atoms with Crippen LogP contribution in [0.3, 0.4) is 0 Å². The Balaban J connectivity index is 2.22. The number of nitro benzene ring substituents is 1. The first kappa shape index (κ1) is 11.1. The first-order chi connectivity index (χ1) is 9.16. The molecule has 0 fully saturated rings. The molecule has 8 heteroatoms. The van der Waals surface area contributed by atoms with Crippen molar-refractivity contribution in [3.8, 4) is 11.4 Å². The van der Waals surface area contributed by atoms with E-state index in [-0.39, 0.29) is 11.4 Å². The highest BCUT2D eigenvalue weighted by Crippen LogP contribution is 2.27. The van der Waals surface area contributed by atoms with E-state index in [2.05, 4.69) is 15.3 Å². The number of hydrogen-bond acceptors (Lipinski definition) is 6. The highest BCUT2D eigenvalue weighted by Gasteiger charge is 2.16. The van der Waals surface area contributed by atoms with Gasteiger partial charge in [0.1, 0.15) is 5.69 Å². The quantitative estimate of drug-likeness (QED) is 0.420. The highest BCUT2D eigenvalue weighted by atomic mass is 16.6. The molecule has 0 saturated heterocycles. The van der Waals surface area contributed by atoms with E-state index in [1.165, 1.54) is 16.6 Å². The predicted octanol–water partition coefficient (Wildman–Crippen LogP) is 1.28. The van der Waals surface area contributed by atoms with Crippen LogP contribution in [0.15, 0.2) is 36.5 Å². The van der Waals surface area contributed by atoms with E-state index in [0.717, 1.165) is 0 Å². The second kappa shape index (κ2) is 4.02. The zero-order chi connectivity index (χ0) is 13.4. The Morgan fingerprint density at radius 3 is 2.89 bits per heavy atom. The van der Waals surface area contributed by atoms with Crippen LogP contribution in [-0.4, -0.2) is 24.7 Å². The van der Waals surface area contributed by atoms with Gasteiger partial charge < -0.3 is 5.73 Å². The molecule has 0 aliphatic rings. The maximum absolute atomic E-state index is 10.9. The zero-order valence-electron chi connectivity index (χ0n) is 9.59. The molecule has 3 aromatic rings. The molecule has 8 nitrogen and oxygen atoms in total. The standard InChI is InChI=1S/C11H8N6O2/c12-8-4-3-7(6-9(8)17(18)19)11-15-14-10-2-1-5-13-16(10)11/h1-6H,12H2. The summed E-state index contributed by atoms with van der Waals surface area (Å²) in [6, 6.07) is 7.96. The lowest BCUT2D eigenvalue weighted by Gasteiger charge is -2.01. The average molecular weight is 256 g/mol. The Bertz CT molecular complexity index is 782. The van der Waals surface area contributed by atoms with Crippen LogP contribution in [0.25, 0.3) is 17.0 Å². The minimum absolute atomic E-state index is 0.107. The van der Waals surface area contributed by atoms with Crippen molar-refractivity contribution in [3.63, 3.8) is 0 Å². The number of nitrogens with two attached hydrogens (primary N) is 1. The van der Waals surface area contributed by atoms with E-state index in [0.29, 0.717) is 17.0 Å². The van der Waals surface area contributed by atoms with E-state index < -0.39 is 4.92 Å². The van der Waals surface area contributed by atoms with Gasteiger partial charge in [-0.15, -0.1) is 10.2 Å². The number of nitrogen functional groups attached to an aromatic ring is 1. The van der Waals surface area contributed by atoms with Gasteiger partial charge in [0.2, 0.25) is 0 Å². The fourth-order valence-electron chi connectivity index (χ4n) is 1.76. The predicted molar refractivity (Wildman–Crippen MR) is 67.3 cm³/mol. The summed E-state index contributed by atoms with van der Waals surface area (Å²) in [5.41, 5.74) is 6.60. The van der Waals surface area contributed by atoms with Crippen LogP contribution < -0.4 is 5.73 Å². The number of nitro groups is 1. The Hall–Kier alpha value is -3.03. The number of rotatable bonds is 2. The third-order valence-electron chi connectivity index (χ3n) is 2.66. The molecule has 0 atom stereocenters. The number of nitrogens with zero attached hydrogens (tertiary/aromatic N) is 5. The van der Waals surface area contributed by atoms with Crippen LogP contribution in [0.5, 0.6) is 0 Å². The molecule has 2 heterocycles. The fourth-order valence-corrected chi connectivity index (χ4v) is 1.76. The van der Waals surface area contributed by atoms with Crippen molar-refractivity contribution in [2.45, 2.75) is 0 Å². The van der Waals surface area contributed by atoms with Gasteiger partial charge >= 0.3 is 0 Å². The summed E-state index contributed by atoms with van der Waals surface area (Å²) in [5, 5.41) is 22.9. The van der Waals surface area contributed by atoms with Crippen molar-refractivity contribution < 1.29 is 4.92 Å². The fraction of sp³-hybridized carbons (Fsp3) is 0. The van der Waals surface area contributed by atoms with Crippen LogP contribution in [-0.2, 0) is 0 Å². The molecule has 0 unspecified atom stereocenters. The molecular formula is C11H8N6O2. The minimum atomic E-state index is -0.532. The molecule has 0 aliphatic carbocycles. The maximum atomic E-state index is 10.9. The van der Waals surface area contributed by atoms with Gasteiger partial charge in [-0.25, -0.2) is 0 Å². The SMILES string of the molecule is Nc1ccc(-c2nnc3cccnn23)cc1[N+](=O)[O-]. The largest absolute Gasteiger partial charge is 0.393 e. The molecule has 2 aromatic heterocycles. The average Bonchev–Trinajstić information content (AvgIpc) is 2.83. The van der Waals surface area contributed by atoms with Crippen molar-refractivity contribution in [2.75, 3.05) is 5.73 Å². The molecule has 94 valence electrons. The normalized spacial score (nSPS) is 10.7. The third kappa shape index (κ3) is 1.75. The van der Waals surface area contributed by atoms with Crippen LogP contribution in [0.4, 0.5) is 11.4 Å². The maximum Gasteiger partial charge on any atom is 0.292 e. The topological polar surface area (TPSA) is 112 Å². The number of aromatic nitrogens is 4. The first-order valence-corrected chi connectivity index (χ1v) is 5.37. The second-order valence-corrected chi connectivity index (χ2v) is 3.85. The smallest absolute Gasteiger partial charge is 0.292 e. The number of anilines is 1. The lowest BCUT2D eigenvalue weighted by Crippen LogP contribution is -1.98. The summed E-state index contributed by atoms with van der Waals surface area (Å²) in [6.45, 7) is 0. The minimum Gasteiger partial charge on any atom is -0.393 e.